The molecule has 0 spiro atoms. The minimum Gasteiger partial charge on any atom is -0.870 e. The number of anilines is 4. The van der Waals surface area contributed by atoms with Crippen LogP contribution in [0.4, 0.5) is 48.6 Å². The van der Waals surface area contributed by atoms with Crippen LogP contribution in [0.15, 0.2) is 317 Å². The van der Waals surface area contributed by atoms with Crippen molar-refractivity contribution >= 4 is 276 Å². The molecule has 148 heavy (non-hydrogen) atoms. The number of benzene rings is 13. The van der Waals surface area contributed by atoms with Gasteiger partial charge in [0.1, 0.15) is 0 Å². The number of nitrogens with two attached hydrogens (primary N) is 2. The number of carbonyl (C=O) groups is 7. The number of carbonyl (C=O) groups excluding carboxylic acids is 6. The van der Waals surface area contributed by atoms with E-state index in [9.17, 15) is 72.7 Å². The van der Waals surface area contributed by atoms with Crippen molar-refractivity contribution in [3.8, 4) is 0 Å². The Morgan fingerprint density at radius 3 is 1.18 bits per heavy atom. The molecule has 0 unspecified atom stereocenters. The molecule has 13 aromatic rings. The van der Waals surface area contributed by atoms with E-state index in [4.69, 9.17) is 36.9 Å². The van der Waals surface area contributed by atoms with Gasteiger partial charge in [0.15, 0.2) is 0 Å². The third-order valence-electron chi connectivity index (χ3n) is 20.1. The molecule has 1 fully saturated rings. The molecule has 46 heteroatoms. The Morgan fingerprint density at radius 2 is 0.784 bits per heavy atom. The number of esters is 4. The maximum absolute atomic E-state index is 12.8. The van der Waals surface area contributed by atoms with Gasteiger partial charge in [-0.05, 0) is 240 Å². The van der Waals surface area contributed by atoms with E-state index in [1.54, 1.807) is 110 Å². The average Bonchev–Trinajstić information content (AvgIpc) is 1.44. The number of nitro benzene ring substituents is 3. The zero-order valence-electron chi connectivity index (χ0n) is 81.3. The van der Waals surface area contributed by atoms with Crippen LogP contribution in [0.5, 0.6) is 0 Å². The summed E-state index contributed by atoms with van der Waals surface area (Å²) in [4.78, 5) is 121. The summed E-state index contributed by atoms with van der Waals surface area (Å²) < 4.78 is 62.3. The summed E-state index contributed by atoms with van der Waals surface area (Å²) in [6.45, 7) is 14.4. The molecule has 0 atom stereocenters. The number of hydrogen-bond acceptors (Lipinski definition) is 29. The number of nitro groups is 3. The molecule has 2 amide bonds. The van der Waals surface area contributed by atoms with Gasteiger partial charge in [-0.1, -0.05) is 253 Å². The molecule has 16 rings (SSSR count). The fraction of sp³-hybridized carbons (Fsp3) is 0.167. The number of aryl methyl sites for hydroxylation is 1. The number of carboxylic acids is 1. The van der Waals surface area contributed by atoms with Crippen LogP contribution in [0.1, 0.15) is 133 Å². The molecule has 3 aliphatic rings. The molecule has 3 heterocycles. The number of hydrogen-bond donors (Lipinski definition) is 7. The minimum absolute atomic E-state index is 0. The van der Waals surface area contributed by atoms with Gasteiger partial charge in [-0.2, -0.15) is 8.78 Å². The number of para-hydroxylation sites is 1. The SMILES string of the molecule is C.C1CCOC1.COC(=O)c1ccc2c(c1C)NC(=O)c1ccccc1S2.COC(=O)c1ccccc1S.COC(=O)c1ccccc1Sc1ccc(Br)c(C)c1N.COC(=O)c1ccccc1Sc1ccc(Br)c(C)c1[N+](=O)[O-].Cc1c(Br)ccc(F)c1[N+](=O)[O-].Cc1c(Br)ccc(Sc2ccccc2C(=O)O)c1N.Cc1c(Br)ccc2c1NC(=O)c1ccccc1S2.Cc1cccc(F)c1[N+](=O)[O-].O.[2H]CI.[B]=NS.[Li+].[OH-]. The van der Waals surface area contributed by atoms with Crippen LogP contribution in [-0.2, 0) is 23.7 Å². The fourth-order valence-electron chi connectivity index (χ4n) is 12.5. The van der Waals surface area contributed by atoms with Gasteiger partial charge in [0, 0.05) is 114 Å². The molecular formula is C102H99BBr5F2ILiN8O21S7. The Labute approximate surface area is 957 Å². The van der Waals surface area contributed by atoms with E-state index in [1.165, 1.54) is 120 Å². The van der Waals surface area contributed by atoms with Crippen molar-refractivity contribution in [3.63, 3.8) is 0 Å². The van der Waals surface area contributed by atoms with Crippen LogP contribution in [0.3, 0.4) is 0 Å². The van der Waals surface area contributed by atoms with Gasteiger partial charge in [-0.15, -0.1) is 12.6 Å². The first kappa shape index (κ1) is 132. The zero-order chi connectivity index (χ0) is 108. The largest absolute Gasteiger partial charge is 1.00 e. The Balaban J connectivity index is 0.000000570. The topological polar surface area (TPSA) is 465 Å². The number of methoxy groups -OCH3 is 4. The van der Waals surface area contributed by atoms with Crippen LogP contribution in [0, 0.1) is 90.4 Å². The van der Waals surface area contributed by atoms with E-state index in [0.717, 1.165) is 101 Å². The third-order valence-corrected chi connectivity index (χ3v) is 30.5. The van der Waals surface area contributed by atoms with E-state index in [-0.39, 0.29) is 72.2 Å². The molecule has 0 saturated carbocycles. The summed E-state index contributed by atoms with van der Waals surface area (Å²) in [5.41, 5.74) is 22.7. The fourth-order valence-corrected chi connectivity index (χ4v) is 19.8. The number of fused-ring (bicyclic) bond motifs is 4. The van der Waals surface area contributed by atoms with Gasteiger partial charge in [-0.3, -0.25) is 39.9 Å². The third kappa shape index (κ3) is 38.6. The number of aromatic carboxylic acids is 1. The minimum atomic E-state index is -0.935. The molecule has 0 aliphatic carbocycles. The smallest absolute Gasteiger partial charge is 0.870 e. The summed E-state index contributed by atoms with van der Waals surface area (Å²) in [5, 5.41) is 46.9. The molecule has 0 bridgehead atoms. The number of halogens is 8. The summed E-state index contributed by atoms with van der Waals surface area (Å²) in [5.74, 6) is -4.31. The van der Waals surface area contributed by atoms with Gasteiger partial charge < -0.3 is 61.8 Å². The van der Waals surface area contributed by atoms with Gasteiger partial charge in [0.2, 0.25) is 11.6 Å². The van der Waals surface area contributed by atoms with E-state index in [2.05, 4.69) is 132 Å². The number of alkyl halides is 1. The van der Waals surface area contributed by atoms with Crippen molar-refractivity contribution in [3.05, 3.63) is 379 Å². The predicted octanol–water partition coefficient (Wildman–Crippen LogP) is 26.3. The number of thiol groups is 2. The van der Waals surface area contributed by atoms with Crippen LogP contribution in [0.25, 0.3) is 0 Å². The molecule has 3 aliphatic heterocycles. The molecule has 1 saturated heterocycles. The first-order valence-corrected chi connectivity index (χ1v) is 52.2. The van der Waals surface area contributed by atoms with E-state index in [0.29, 0.717) is 101 Å². The van der Waals surface area contributed by atoms with E-state index in [1.807, 2.05) is 166 Å². The van der Waals surface area contributed by atoms with Crippen LogP contribution < -0.4 is 41.0 Å². The summed E-state index contributed by atoms with van der Waals surface area (Å²) in [6, 6.07) is 68.4. The van der Waals surface area contributed by atoms with E-state index >= 15 is 0 Å². The Kier molecular flexibility index (Phi) is 60.4. The standard InChI is InChI=1S/C16H13NO3S.C15H12BrNO4S.C15H14BrNO2S.C14H12BrNO2S.C14H10BrNOS.C8H8O2S.C7H5BrFNO2.C7H6FNO2.C4H8O.CH3I.CH4.BHNS.Li.2H2O/c1-9-10(16(19)20-2)7-8-13-14(9)17-15(18)11-5-3-4-6-12(11)21-13;1-9-11(16)7-8-13(14(9)17(19)20)22-12-6-4-3-5-10(12)15(18)21-2;1-9-11(16)7-8-13(14(9)17)20-12-6-4-3-5-10(12)15(18)19-2;1-8-10(15)6-7-12(13(8)16)19-11-5-3-2-4-9(11)14(17)18;1-8-10(15)6-7-12-13(8)16-14(17)9-4-2-3-5-11(9)18-12;1-10-8(9)6-4-2-3-5-7(6)11;1-4-5(8)2-3-6(9)7(4)10(11)12;1-5-3-2-4-6(8)7(5)9(10)11;1-2-4-5-3-1;1-2;;1-2-3;;;/h3-8H,1-2H3,(H,17,18);3-8H,1-2H3;3-8H,17H2,1-2H3;2-7H,16H2,1H3,(H,17,18);2-7H,1H3,(H,16,17);2-5,11H,1H3;2-3H,1H3;2-4H,1H3;1-4H2;1H3;1H4;3H;;2*1H2/q;;;;;;;;;;;;+1;;/p-1/i;;;;;;;;;1D;;;;;. The predicted molar refractivity (Wildman–Crippen MR) is 610 cm³/mol. The quantitative estimate of drug-likeness (QED) is 0.00612. The Bertz CT molecular complexity index is 6890. The van der Waals surface area contributed by atoms with Crippen molar-refractivity contribution in [1.29, 1.82) is 0 Å². The summed E-state index contributed by atoms with van der Waals surface area (Å²) in [6.07, 6.45) is 2.56. The zero-order valence-corrected chi connectivity index (χ0v) is 96.2. The van der Waals surface area contributed by atoms with Gasteiger partial charge in [0.05, 0.1) is 98.4 Å². The Morgan fingerprint density at radius 1 is 0.459 bits per heavy atom. The van der Waals surface area contributed by atoms with Crippen molar-refractivity contribution < 1.29 is 117 Å². The van der Waals surface area contributed by atoms with Crippen molar-refractivity contribution in [2.45, 2.75) is 123 Å². The van der Waals surface area contributed by atoms with Crippen molar-refractivity contribution in [2.75, 3.05) is 68.7 Å². The second kappa shape index (κ2) is 67.8. The molecule has 29 nitrogen and oxygen atoms in total. The van der Waals surface area contributed by atoms with Gasteiger partial charge in [-0.25, -0.2) is 24.0 Å². The molecule has 775 valence electrons. The number of nitrogens with zero attached hydrogens (tertiary/aromatic N) is 4. The van der Waals surface area contributed by atoms with Crippen molar-refractivity contribution in [2.24, 2.45) is 4.30 Å². The van der Waals surface area contributed by atoms with Crippen molar-refractivity contribution in [1.82, 2.24) is 0 Å². The van der Waals surface area contributed by atoms with Crippen LogP contribution in [-0.4, -0.2) is 127 Å². The second-order valence-corrected chi connectivity index (χ2v) is 39.6. The maximum Gasteiger partial charge on any atom is 1.00 e. The maximum atomic E-state index is 12.8. The summed E-state index contributed by atoms with van der Waals surface area (Å²) >= 11 is 33.1. The molecule has 10 N–H and O–H groups in total. The first-order chi connectivity index (χ1) is 69.0. The first-order valence-electron chi connectivity index (χ1n) is 42.5. The normalized spacial score (nSPS) is 10.9. The summed E-state index contributed by atoms with van der Waals surface area (Å²) in [7, 11) is 9.71. The second-order valence-electron chi connectivity index (χ2n) is 29.1. The number of nitrogen functional groups attached to an aromatic ring is 2. The van der Waals surface area contributed by atoms with Crippen LogP contribution in [0.2, 0.25) is 0 Å². The number of amides is 2. The molecule has 0 aromatic heterocycles. The average molecular weight is 2580 g/mol. The molecular weight excluding hydrogens is 2480 g/mol. The number of rotatable bonds is 14. The van der Waals surface area contributed by atoms with Gasteiger partial charge >= 0.3 is 84.8 Å². The van der Waals surface area contributed by atoms with E-state index < -0.39 is 55.7 Å². The number of carboxylic acid groups (broad SMARTS) is 1. The molecule has 1 radical (unpaired) electrons. The Hall–Kier alpha value is -10.3. The number of ether oxygens (including phenoxy) is 5. The van der Waals surface area contributed by atoms with Crippen LogP contribution >= 0.6 is 186 Å². The van der Waals surface area contributed by atoms with Gasteiger partial charge in [0.25, 0.3) is 17.5 Å². The monoisotopic (exact) mass is 2570 g/mol. The number of nitrogens with one attached hydrogen (secondary N) is 2. The molecule has 13 aromatic carbocycles.